The third kappa shape index (κ3) is 4.42. The van der Waals surface area contributed by atoms with Gasteiger partial charge < -0.3 is 5.11 Å². The fourth-order valence-electron chi connectivity index (χ4n) is 5.10. The molecule has 32 heavy (non-hydrogen) atoms. The minimum atomic E-state index is -2.60. The van der Waals surface area contributed by atoms with Gasteiger partial charge in [0.15, 0.2) is 8.07 Å². The van der Waals surface area contributed by atoms with Crippen molar-refractivity contribution in [3.63, 3.8) is 0 Å². The van der Waals surface area contributed by atoms with Crippen LogP contribution in [-0.2, 0) is 9.63 Å². The van der Waals surface area contributed by atoms with E-state index in [4.69, 9.17) is 4.84 Å². The van der Waals surface area contributed by atoms with Gasteiger partial charge in [0.2, 0.25) is 5.91 Å². The summed E-state index contributed by atoms with van der Waals surface area (Å²) in [5, 5.41) is 16.9. The lowest BCUT2D eigenvalue weighted by atomic mass is 10.1. The van der Waals surface area contributed by atoms with Gasteiger partial charge in [-0.2, -0.15) is 0 Å². The molecule has 0 aliphatic carbocycles. The lowest BCUT2D eigenvalue weighted by molar-refractivity contribution is -0.196. The number of hydroxylamine groups is 2. The molecule has 3 aromatic carbocycles. The van der Waals surface area contributed by atoms with Crippen molar-refractivity contribution in [3.05, 3.63) is 91.0 Å². The number of carbonyl (C=O) groups is 1. The molecule has 1 saturated heterocycles. The fourth-order valence-corrected chi connectivity index (χ4v) is 9.99. The number of aliphatic hydroxyl groups is 1. The molecule has 4 rings (SSSR count). The van der Waals surface area contributed by atoms with Crippen molar-refractivity contribution in [2.75, 3.05) is 7.11 Å². The van der Waals surface area contributed by atoms with Crippen LogP contribution in [0.3, 0.4) is 0 Å². The predicted octanol–water partition coefficient (Wildman–Crippen LogP) is 2.85. The quantitative estimate of drug-likeness (QED) is 0.449. The van der Waals surface area contributed by atoms with Crippen LogP contribution in [0.2, 0.25) is 6.04 Å². The Morgan fingerprint density at radius 3 is 1.78 bits per heavy atom. The van der Waals surface area contributed by atoms with Gasteiger partial charge in [-0.05, 0) is 34.4 Å². The van der Waals surface area contributed by atoms with Crippen molar-refractivity contribution in [1.82, 2.24) is 5.06 Å². The third-order valence-electron chi connectivity index (χ3n) is 6.64. The Kier molecular flexibility index (Phi) is 7.20. The molecule has 1 aliphatic rings. The summed E-state index contributed by atoms with van der Waals surface area (Å²) in [6, 6.07) is 31.9. The monoisotopic (exact) mass is 445 g/mol. The first-order chi connectivity index (χ1) is 15.7. The number of hydrogen-bond donors (Lipinski definition) is 1. The largest absolute Gasteiger partial charge is 0.391 e. The predicted molar refractivity (Wildman–Crippen MR) is 131 cm³/mol. The summed E-state index contributed by atoms with van der Waals surface area (Å²) in [4.78, 5) is 18.1. The van der Waals surface area contributed by atoms with E-state index < -0.39 is 14.2 Å². The molecule has 0 spiro atoms. The van der Waals surface area contributed by atoms with Crippen LogP contribution in [-0.4, -0.2) is 43.4 Å². The van der Waals surface area contributed by atoms with Crippen molar-refractivity contribution < 1.29 is 14.7 Å². The Balaban J connectivity index is 1.85. The summed E-state index contributed by atoms with van der Waals surface area (Å²) in [7, 11) is -1.07. The van der Waals surface area contributed by atoms with E-state index >= 15 is 0 Å². The molecule has 0 radical (unpaired) electrons. The summed E-state index contributed by atoms with van der Waals surface area (Å²) in [5.74, 6) is -0.0413. The normalized spacial score (nSPS) is 18.2. The molecule has 0 aromatic heterocycles. The summed E-state index contributed by atoms with van der Waals surface area (Å²) in [6.07, 6.45) is 2.24. The van der Waals surface area contributed by atoms with Crippen molar-refractivity contribution in [2.45, 2.75) is 43.9 Å². The van der Waals surface area contributed by atoms with Crippen LogP contribution in [0.5, 0.6) is 0 Å². The highest BCUT2D eigenvalue weighted by atomic mass is 28.3. The number of rotatable bonds is 7. The number of nitrogens with zero attached hydrogens (tertiary/aromatic N) is 1. The summed E-state index contributed by atoms with van der Waals surface area (Å²) in [5.41, 5.74) is 0. The van der Waals surface area contributed by atoms with Crippen LogP contribution in [0.15, 0.2) is 91.0 Å². The number of aliphatic hydroxyl groups excluding tert-OH is 1. The highest BCUT2D eigenvalue weighted by Crippen LogP contribution is 2.25. The smallest absolute Gasteiger partial charge is 0.246 e. The van der Waals surface area contributed by atoms with Gasteiger partial charge in [0.05, 0.1) is 19.3 Å². The van der Waals surface area contributed by atoms with Crippen molar-refractivity contribution >= 4 is 29.5 Å². The second-order valence-electron chi connectivity index (χ2n) is 8.49. The third-order valence-corrected chi connectivity index (χ3v) is 11.6. The van der Waals surface area contributed by atoms with Crippen molar-refractivity contribution in [3.8, 4) is 0 Å². The number of amides is 1. The average molecular weight is 446 g/mol. The zero-order valence-electron chi connectivity index (χ0n) is 18.6. The molecule has 1 amide bonds. The highest BCUT2D eigenvalue weighted by Gasteiger charge is 2.44. The van der Waals surface area contributed by atoms with Gasteiger partial charge in [0.25, 0.3) is 0 Å². The molecule has 4 nitrogen and oxygen atoms in total. The van der Waals surface area contributed by atoms with E-state index in [0.29, 0.717) is 12.5 Å². The van der Waals surface area contributed by atoms with Crippen LogP contribution < -0.4 is 15.6 Å². The van der Waals surface area contributed by atoms with Gasteiger partial charge in [-0.15, -0.1) is 0 Å². The molecule has 166 valence electrons. The number of hydrogen-bond acceptors (Lipinski definition) is 3. The van der Waals surface area contributed by atoms with Gasteiger partial charge >= 0.3 is 0 Å². The zero-order chi connectivity index (χ0) is 22.4. The van der Waals surface area contributed by atoms with E-state index in [1.54, 1.807) is 0 Å². The van der Waals surface area contributed by atoms with Gasteiger partial charge in [0.1, 0.15) is 0 Å². The Bertz CT molecular complexity index is 901. The van der Waals surface area contributed by atoms with Crippen molar-refractivity contribution in [1.29, 1.82) is 0 Å². The second-order valence-corrected chi connectivity index (χ2v) is 12.4. The first kappa shape index (κ1) is 22.5. The maximum atomic E-state index is 12.6. The Labute approximate surface area is 191 Å². The van der Waals surface area contributed by atoms with Gasteiger partial charge in [-0.3, -0.25) is 9.63 Å². The molecular formula is C27H31NO3Si. The van der Waals surface area contributed by atoms with Crippen LogP contribution in [0.1, 0.15) is 25.7 Å². The van der Waals surface area contributed by atoms with Gasteiger partial charge in [-0.1, -0.05) is 97.4 Å². The number of carbonyl (C=O) groups excluding carboxylic acids is 1. The zero-order valence-corrected chi connectivity index (χ0v) is 19.6. The standard InChI is InChI=1S/C27H31NO3Si/c1-31-28-25(19-11-12-20-27(28)30)26(29)21-32(22-13-5-2-6-14-22,23-15-7-3-8-16-23)24-17-9-4-10-18-24/h2-10,13-18,25-26,29H,11-12,19-21H2,1H3/t25-,26+/m0/s1. The molecule has 1 heterocycles. The SMILES string of the molecule is CON1C(=O)CCCC[C@H]1[C@H](O)C[Si](c1ccccc1)(c1ccccc1)c1ccccc1. The topological polar surface area (TPSA) is 49.8 Å². The second kappa shape index (κ2) is 10.3. The van der Waals surface area contributed by atoms with Crippen LogP contribution in [0.25, 0.3) is 0 Å². The van der Waals surface area contributed by atoms with E-state index in [2.05, 4.69) is 72.8 Å². The maximum absolute atomic E-state index is 12.6. The molecule has 5 heteroatoms. The molecule has 1 N–H and O–H groups in total. The fraction of sp³-hybridized carbons (Fsp3) is 0.296. The highest BCUT2D eigenvalue weighted by molar-refractivity contribution is 7.11. The molecule has 1 fully saturated rings. The lowest BCUT2D eigenvalue weighted by Gasteiger charge is -2.39. The molecule has 0 bridgehead atoms. The average Bonchev–Trinajstić information content (AvgIpc) is 3.05. The van der Waals surface area contributed by atoms with Crippen LogP contribution >= 0.6 is 0 Å². The molecule has 1 aliphatic heterocycles. The van der Waals surface area contributed by atoms with Crippen LogP contribution in [0, 0.1) is 0 Å². The molecule has 3 aromatic rings. The van der Waals surface area contributed by atoms with E-state index in [0.717, 1.165) is 19.3 Å². The van der Waals surface area contributed by atoms with E-state index in [9.17, 15) is 9.90 Å². The summed E-state index contributed by atoms with van der Waals surface area (Å²) < 4.78 is 0. The van der Waals surface area contributed by atoms with E-state index in [1.165, 1.54) is 27.7 Å². The summed E-state index contributed by atoms with van der Waals surface area (Å²) in [6.45, 7) is 0. The minimum absolute atomic E-state index is 0.0413. The number of benzene rings is 3. The van der Waals surface area contributed by atoms with Crippen molar-refractivity contribution in [2.24, 2.45) is 0 Å². The molecule has 2 atom stereocenters. The first-order valence-corrected chi connectivity index (χ1v) is 13.6. The summed E-state index contributed by atoms with van der Waals surface area (Å²) >= 11 is 0. The molecular weight excluding hydrogens is 414 g/mol. The first-order valence-electron chi connectivity index (χ1n) is 11.4. The Morgan fingerprint density at radius 1 is 0.875 bits per heavy atom. The molecule has 0 unspecified atom stereocenters. The molecule has 0 saturated carbocycles. The van der Waals surface area contributed by atoms with E-state index in [1.807, 2.05) is 18.2 Å². The van der Waals surface area contributed by atoms with Gasteiger partial charge in [0, 0.05) is 6.42 Å². The maximum Gasteiger partial charge on any atom is 0.246 e. The van der Waals surface area contributed by atoms with Gasteiger partial charge in [-0.25, -0.2) is 5.06 Å². The van der Waals surface area contributed by atoms with E-state index in [-0.39, 0.29) is 11.9 Å². The minimum Gasteiger partial charge on any atom is -0.391 e. The Morgan fingerprint density at radius 2 is 1.34 bits per heavy atom. The lowest BCUT2D eigenvalue weighted by Crippen LogP contribution is -2.69. The van der Waals surface area contributed by atoms with Crippen LogP contribution in [0.4, 0.5) is 0 Å². The Hall–Kier alpha value is -2.73.